The fourth-order valence-electron chi connectivity index (χ4n) is 5.24. The molecule has 1 saturated heterocycles. The second-order valence-corrected chi connectivity index (χ2v) is 13.7. The van der Waals surface area contributed by atoms with Crippen LogP contribution in [-0.4, -0.2) is 66.8 Å². The van der Waals surface area contributed by atoms with E-state index >= 15 is 0 Å². The van der Waals surface area contributed by atoms with Crippen molar-refractivity contribution in [1.29, 1.82) is 0 Å². The lowest BCUT2D eigenvalue weighted by Gasteiger charge is -2.29. The number of hydrogen-bond donors (Lipinski definition) is 1. The molecule has 2 amide bonds. The molecule has 2 aromatic rings. The maximum absolute atomic E-state index is 14.0. The number of sulfone groups is 1. The zero-order valence-corrected chi connectivity index (χ0v) is 23.4. The molecule has 1 aromatic carbocycles. The van der Waals surface area contributed by atoms with Crippen LogP contribution in [0.4, 0.5) is 13.2 Å². The Balaban J connectivity index is 1.49. The van der Waals surface area contributed by atoms with Crippen molar-refractivity contribution in [2.45, 2.75) is 65.4 Å². The van der Waals surface area contributed by atoms with E-state index < -0.39 is 67.1 Å². The molecule has 3 aliphatic rings. The van der Waals surface area contributed by atoms with E-state index in [0.29, 0.717) is 48.5 Å². The van der Waals surface area contributed by atoms with Gasteiger partial charge in [-0.1, -0.05) is 23.2 Å². The summed E-state index contributed by atoms with van der Waals surface area (Å²) in [4.78, 5) is 36.2. The van der Waals surface area contributed by atoms with E-state index in [9.17, 15) is 31.2 Å². The quantitative estimate of drug-likeness (QED) is 0.447. The van der Waals surface area contributed by atoms with Gasteiger partial charge in [-0.05, 0) is 69.2 Å². The molecule has 0 radical (unpaired) electrons. The van der Waals surface area contributed by atoms with Gasteiger partial charge < -0.3 is 10.2 Å². The van der Waals surface area contributed by atoms with Crippen molar-refractivity contribution < 1.29 is 31.2 Å². The van der Waals surface area contributed by atoms with Gasteiger partial charge in [0.05, 0.1) is 48.9 Å². The van der Waals surface area contributed by atoms with Crippen molar-refractivity contribution in [2.24, 2.45) is 4.99 Å². The molecule has 5 rings (SSSR count). The maximum atomic E-state index is 14.0. The van der Waals surface area contributed by atoms with E-state index in [4.69, 9.17) is 23.2 Å². The minimum Gasteiger partial charge on any atom is -0.347 e. The Morgan fingerprint density at radius 2 is 1.85 bits per heavy atom. The van der Waals surface area contributed by atoms with Crippen molar-refractivity contribution in [3.63, 3.8) is 0 Å². The first-order valence-electron chi connectivity index (χ1n) is 12.5. The Morgan fingerprint density at radius 3 is 2.40 bits per heavy atom. The molecule has 2 atom stereocenters. The van der Waals surface area contributed by atoms with Gasteiger partial charge in [-0.2, -0.15) is 13.2 Å². The number of nitrogens with zero attached hydrogens (tertiary/aromatic N) is 3. The van der Waals surface area contributed by atoms with Crippen molar-refractivity contribution in [3.8, 4) is 0 Å². The van der Waals surface area contributed by atoms with Crippen LogP contribution in [0.2, 0.25) is 10.0 Å². The lowest BCUT2D eigenvalue weighted by atomic mass is 9.99. The molecule has 1 aliphatic heterocycles. The molecule has 1 aromatic heterocycles. The van der Waals surface area contributed by atoms with Crippen molar-refractivity contribution in [3.05, 3.63) is 57.8 Å². The van der Waals surface area contributed by atoms with Gasteiger partial charge >= 0.3 is 6.18 Å². The summed E-state index contributed by atoms with van der Waals surface area (Å²) in [7, 11) is -4.49. The van der Waals surface area contributed by atoms with Crippen LogP contribution in [0.5, 0.6) is 0 Å². The summed E-state index contributed by atoms with van der Waals surface area (Å²) in [5.74, 6) is -1.02. The Kier molecular flexibility index (Phi) is 7.19. The summed E-state index contributed by atoms with van der Waals surface area (Å²) in [6.07, 6.45) is -1.53. The average molecular weight is 617 g/mol. The van der Waals surface area contributed by atoms with Crippen molar-refractivity contribution in [2.75, 3.05) is 13.1 Å². The minimum atomic E-state index is -4.79. The number of halogens is 5. The van der Waals surface area contributed by atoms with Crippen LogP contribution in [0.1, 0.15) is 43.4 Å². The molecule has 14 heteroatoms. The van der Waals surface area contributed by atoms with Crippen LogP contribution in [0, 0.1) is 0 Å². The third-order valence-electron chi connectivity index (χ3n) is 7.86. The average Bonchev–Trinajstić information content (AvgIpc) is 3.80. The number of aromatic nitrogens is 1. The van der Waals surface area contributed by atoms with Gasteiger partial charge in [-0.15, -0.1) is 0 Å². The Bertz CT molecular complexity index is 1480. The SMILES string of the molecule is C=NCC1(NC(=O)C2CC(S(=O)(=O)c3cc(C(F)(F)F)ccc3Cl)CN2C(=O)C2(c3ccc(Cl)cn3)CC2)CC1. The second kappa shape index (κ2) is 9.99. The first-order valence-corrected chi connectivity index (χ1v) is 14.8. The van der Waals surface area contributed by atoms with E-state index in [1.165, 1.54) is 11.1 Å². The van der Waals surface area contributed by atoms with E-state index in [-0.39, 0.29) is 18.0 Å². The third kappa shape index (κ3) is 5.21. The number of carbonyl (C=O) groups is 2. The van der Waals surface area contributed by atoms with Crippen LogP contribution in [0.3, 0.4) is 0 Å². The summed E-state index contributed by atoms with van der Waals surface area (Å²) in [6.45, 7) is 3.34. The maximum Gasteiger partial charge on any atom is 0.416 e. The lowest BCUT2D eigenvalue weighted by molar-refractivity contribution is -0.140. The number of hydrogen-bond acceptors (Lipinski definition) is 6. The molecule has 2 unspecified atom stereocenters. The van der Waals surface area contributed by atoms with Gasteiger partial charge in [0.25, 0.3) is 0 Å². The zero-order valence-electron chi connectivity index (χ0n) is 21.0. The minimum absolute atomic E-state index is 0.264. The molecule has 8 nitrogen and oxygen atoms in total. The molecule has 3 fully saturated rings. The van der Waals surface area contributed by atoms with Gasteiger partial charge in [0.2, 0.25) is 11.8 Å². The summed E-state index contributed by atoms with van der Waals surface area (Å²) in [5.41, 5.74) is -2.38. The molecular formula is C26H25Cl2F3N4O4S. The highest BCUT2D eigenvalue weighted by Gasteiger charge is 2.59. The molecule has 0 bridgehead atoms. The second-order valence-electron chi connectivity index (χ2n) is 10.6. The molecule has 40 heavy (non-hydrogen) atoms. The van der Waals surface area contributed by atoms with E-state index in [1.807, 2.05) is 0 Å². The standard InChI is InChI=1S/C26H25Cl2F3N4O4S/c1-32-14-24(6-7-24)34-22(36)19-11-17(40(38,39)20-10-15(26(29,30)31)2-4-18(20)28)13-35(19)23(37)25(8-9-25)21-5-3-16(27)12-33-21/h2-5,10,12,17,19H,1,6-9,11,13-14H2,(H,34,36). The molecule has 2 aliphatic carbocycles. The Labute approximate surface area is 238 Å². The van der Waals surface area contributed by atoms with Gasteiger partial charge in [0, 0.05) is 12.7 Å². The zero-order chi connectivity index (χ0) is 29.1. The van der Waals surface area contributed by atoms with Gasteiger partial charge in [-0.3, -0.25) is 19.6 Å². The smallest absolute Gasteiger partial charge is 0.347 e. The number of nitrogens with one attached hydrogen (secondary N) is 1. The number of rotatable bonds is 8. The van der Waals surface area contributed by atoms with Crippen LogP contribution in [-0.2, 0) is 31.0 Å². The summed E-state index contributed by atoms with van der Waals surface area (Å²) in [5, 5.41) is 1.53. The van der Waals surface area contributed by atoms with Gasteiger partial charge in [0.15, 0.2) is 9.84 Å². The van der Waals surface area contributed by atoms with E-state index in [2.05, 4.69) is 22.0 Å². The number of amides is 2. The number of pyridine rings is 1. The molecule has 2 heterocycles. The molecular weight excluding hydrogens is 592 g/mol. The third-order valence-corrected chi connectivity index (χ3v) is 10.7. The number of carbonyl (C=O) groups excluding carboxylic acids is 2. The topological polar surface area (TPSA) is 109 Å². The molecule has 1 N–H and O–H groups in total. The van der Waals surface area contributed by atoms with Gasteiger partial charge in [0.1, 0.15) is 6.04 Å². The monoisotopic (exact) mass is 616 g/mol. The normalized spacial score (nSPS) is 23.0. The van der Waals surface area contributed by atoms with Crippen LogP contribution in [0.15, 0.2) is 46.4 Å². The summed E-state index contributed by atoms with van der Waals surface area (Å²) >= 11 is 12.0. The van der Waals surface area contributed by atoms with Gasteiger partial charge in [-0.25, -0.2) is 8.42 Å². The Hall–Kier alpha value is -2.70. The highest BCUT2D eigenvalue weighted by atomic mass is 35.5. The predicted octanol–water partition coefficient (Wildman–Crippen LogP) is 4.23. The lowest BCUT2D eigenvalue weighted by Crippen LogP contribution is -2.52. The number of likely N-dealkylation sites (tertiary alicyclic amines) is 1. The van der Waals surface area contributed by atoms with Crippen LogP contribution < -0.4 is 5.32 Å². The van der Waals surface area contributed by atoms with Crippen LogP contribution >= 0.6 is 23.2 Å². The predicted molar refractivity (Wildman–Crippen MR) is 142 cm³/mol. The van der Waals surface area contributed by atoms with E-state index in [0.717, 1.165) is 6.07 Å². The van der Waals surface area contributed by atoms with Crippen molar-refractivity contribution in [1.82, 2.24) is 15.2 Å². The molecule has 214 valence electrons. The highest BCUT2D eigenvalue weighted by molar-refractivity contribution is 7.92. The highest BCUT2D eigenvalue weighted by Crippen LogP contribution is 2.50. The number of alkyl halides is 3. The molecule has 0 spiro atoms. The fraction of sp³-hybridized carbons (Fsp3) is 0.462. The van der Waals surface area contributed by atoms with E-state index in [1.54, 1.807) is 12.1 Å². The summed E-state index contributed by atoms with van der Waals surface area (Å²) in [6, 6.07) is 4.10. The molecule has 2 saturated carbocycles. The van der Waals surface area contributed by atoms with Crippen LogP contribution in [0.25, 0.3) is 0 Å². The fourth-order valence-corrected chi connectivity index (χ4v) is 7.58. The summed E-state index contributed by atoms with van der Waals surface area (Å²) < 4.78 is 67.5. The Morgan fingerprint density at radius 1 is 1.15 bits per heavy atom. The first kappa shape index (κ1) is 28.8. The largest absolute Gasteiger partial charge is 0.416 e. The first-order chi connectivity index (χ1) is 18.7. The van der Waals surface area contributed by atoms with Crippen molar-refractivity contribution >= 4 is 51.6 Å². The number of aliphatic imine (C=N–C) groups is 1. The number of benzene rings is 1.